The zero-order valence-electron chi connectivity index (χ0n) is 12.6. The standard InChI is InChI=1S/C17H18BrNO3/c1-3-12-9-13(18)7-8-16(12)22-11-17(20)19-14-5-4-6-15(10-14)21-2/h4-10H,3,11H2,1-2H3,(H,19,20). The van der Waals surface area contributed by atoms with E-state index in [4.69, 9.17) is 9.47 Å². The van der Waals surface area contributed by atoms with Crippen molar-refractivity contribution in [3.63, 3.8) is 0 Å². The summed E-state index contributed by atoms with van der Waals surface area (Å²) in [5.41, 5.74) is 1.74. The molecular formula is C17H18BrNO3. The highest BCUT2D eigenvalue weighted by Crippen LogP contribution is 2.23. The summed E-state index contributed by atoms with van der Waals surface area (Å²) in [6.07, 6.45) is 0.840. The van der Waals surface area contributed by atoms with E-state index in [1.54, 1.807) is 19.2 Å². The molecule has 2 aromatic rings. The van der Waals surface area contributed by atoms with Crippen molar-refractivity contribution in [3.05, 3.63) is 52.5 Å². The van der Waals surface area contributed by atoms with Crippen molar-refractivity contribution in [1.82, 2.24) is 0 Å². The normalized spacial score (nSPS) is 10.1. The summed E-state index contributed by atoms with van der Waals surface area (Å²) >= 11 is 3.43. The SMILES string of the molecule is CCc1cc(Br)ccc1OCC(=O)Nc1cccc(OC)c1. The first-order valence-electron chi connectivity index (χ1n) is 6.97. The fraction of sp³-hybridized carbons (Fsp3) is 0.235. The van der Waals surface area contributed by atoms with Gasteiger partial charge < -0.3 is 14.8 Å². The van der Waals surface area contributed by atoms with E-state index in [-0.39, 0.29) is 12.5 Å². The van der Waals surface area contributed by atoms with E-state index < -0.39 is 0 Å². The van der Waals surface area contributed by atoms with Crippen LogP contribution in [0.4, 0.5) is 5.69 Å². The summed E-state index contributed by atoms with van der Waals surface area (Å²) < 4.78 is 11.7. The van der Waals surface area contributed by atoms with Gasteiger partial charge in [-0.1, -0.05) is 28.9 Å². The number of benzene rings is 2. The molecule has 0 heterocycles. The van der Waals surface area contributed by atoms with E-state index >= 15 is 0 Å². The quantitative estimate of drug-likeness (QED) is 0.842. The Hall–Kier alpha value is -2.01. The molecule has 0 saturated carbocycles. The highest BCUT2D eigenvalue weighted by atomic mass is 79.9. The van der Waals surface area contributed by atoms with Crippen LogP contribution in [0.5, 0.6) is 11.5 Å². The van der Waals surface area contributed by atoms with Crippen LogP contribution in [0.1, 0.15) is 12.5 Å². The van der Waals surface area contributed by atoms with Crippen LogP contribution in [0.3, 0.4) is 0 Å². The number of hydrogen-bond acceptors (Lipinski definition) is 3. The number of nitrogens with one attached hydrogen (secondary N) is 1. The highest BCUT2D eigenvalue weighted by Gasteiger charge is 2.07. The lowest BCUT2D eigenvalue weighted by Gasteiger charge is -2.11. The van der Waals surface area contributed by atoms with Crippen molar-refractivity contribution in [3.8, 4) is 11.5 Å². The Morgan fingerprint density at radius 1 is 1.23 bits per heavy atom. The van der Waals surface area contributed by atoms with Crippen LogP contribution in [0.15, 0.2) is 46.9 Å². The minimum atomic E-state index is -0.210. The summed E-state index contributed by atoms with van der Waals surface area (Å²) in [6, 6.07) is 13.0. The first-order valence-corrected chi connectivity index (χ1v) is 7.76. The van der Waals surface area contributed by atoms with Crippen molar-refractivity contribution in [2.75, 3.05) is 19.0 Å². The second-order valence-corrected chi connectivity index (χ2v) is 5.59. The number of hydrogen-bond donors (Lipinski definition) is 1. The average molecular weight is 364 g/mol. The molecule has 0 atom stereocenters. The van der Waals surface area contributed by atoms with Gasteiger partial charge in [0.05, 0.1) is 7.11 Å². The zero-order valence-corrected chi connectivity index (χ0v) is 14.1. The van der Waals surface area contributed by atoms with Gasteiger partial charge in [0.2, 0.25) is 0 Å². The highest BCUT2D eigenvalue weighted by molar-refractivity contribution is 9.10. The van der Waals surface area contributed by atoms with Crippen LogP contribution >= 0.6 is 15.9 Å². The van der Waals surface area contributed by atoms with Crippen LogP contribution in [0.25, 0.3) is 0 Å². The fourth-order valence-electron chi connectivity index (χ4n) is 2.01. The molecule has 5 heteroatoms. The van der Waals surface area contributed by atoms with Gasteiger partial charge in [-0.05, 0) is 42.3 Å². The fourth-order valence-corrected chi connectivity index (χ4v) is 2.41. The summed E-state index contributed by atoms with van der Waals surface area (Å²) in [7, 11) is 1.59. The third-order valence-electron chi connectivity index (χ3n) is 3.12. The van der Waals surface area contributed by atoms with Crippen LogP contribution in [0, 0.1) is 0 Å². The summed E-state index contributed by atoms with van der Waals surface area (Å²) in [4.78, 5) is 12.0. The third kappa shape index (κ3) is 4.49. The predicted octanol–water partition coefficient (Wildman–Crippen LogP) is 4.04. The number of halogens is 1. The van der Waals surface area contributed by atoms with E-state index in [0.717, 1.165) is 22.2 Å². The number of aryl methyl sites for hydroxylation is 1. The molecule has 4 nitrogen and oxygen atoms in total. The molecule has 0 aromatic heterocycles. The zero-order chi connectivity index (χ0) is 15.9. The molecule has 0 aliphatic rings. The average Bonchev–Trinajstić information content (AvgIpc) is 2.53. The molecule has 0 saturated heterocycles. The van der Waals surface area contributed by atoms with Crippen molar-refractivity contribution in [2.45, 2.75) is 13.3 Å². The van der Waals surface area contributed by atoms with Crippen molar-refractivity contribution in [2.24, 2.45) is 0 Å². The van der Waals surface area contributed by atoms with Gasteiger partial charge in [0.15, 0.2) is 6.61 Å². The summed E-state index contributed by atoms with van der Waals surface area (Å²) in [5.74, 6) is 1.21. The summed E-state index contributed by atoms with van der Waals surface area (Å²) in [6.45, 7) is 2.01. The number of amides is 1. The Bertz CT molecular complexity index is 658. The molecule has 0 spiro atoms. The van der Waals surface area contributed by atoms with Gasteiger partial charge in [-0.3, -0.25) is 4.79 Å². The molecule has 1 amide bonds. The largest absolute Gasteiger partial charge is 0.497 e. The van der Waals surface area contributed by atoms with Crippen LogP contribution < -0.4 is 14.8 Å². The van der Waals surface area contributed by atoms with Crippen LogP contribution in [-0.4, -0.2) is 19.6 Å². The monoisotopic (exact) mass is 363 g/mol. The summed E-state index contributed by atoms with van der Waals surface area (Å²) in [5, 5.41) is 2.78. The van der Waals surface area contributed by atoms with Gasteiger partial charge in [-0.2, -0.15) is 0 Å². The van der Waals surface area contributed by atoms with Crippen LogP contribution in [-0.2, 0) is 11.2 Å². The number of rotatable bonds is 6. The number of anilines is 1. The second kappa shape index (κ2) is 7.84. The smallest absolute Gasteiger partial charge is 0.262 e. The van der Waals surface area contributed by atoms with Crippen molar-refractivity contribution in [1.29, 1.82) is 0 Å². The Morgan fingerprint density at radius 2 is 2.05 bits per heavy atom. The molecule has 116 valence electrons. The lowest BCUT2D eigenvalue weighted by Crippen LogP contribution is -2.20. The van der Waals surface area contributed by atoms with Gasteiger partial charge in [0, 0.05) is 16.2 Å². The van der Waals surface area contributed by atoms with Crippen molar-refractivity contribution >= 4 is 27.5 Å². The third-order valence-corrected chi connectivity index (χ3v) is 3.61. The predicted molar refractivity (Wildman–Crippen MR) is 90.6 cm³/mol. The Balaban J connectivity index is 1.95. The molecule has 0 aliphatic heterocycles. The molecule has 2 rings (SSSR count). The maximum atomic E-state index is 12.0. The van der Waals surface area contributed by atoms with Gasteiger partial charge >= 0.3 is 0 Å². The number of carbonyl (C=O) groups is 1. The first-order chi connectivity index (χ1) is 10.6. The van der Waals surface area contributed by atoms with Gasteiger partial charge in [0.25, 0.3) is 5.91 Å². The number of methoxy groups -OCH3 is 1. The van der Waals surface area contributed by atoms with Crippen molar-refractivity contribution < 1.29 is 14.3 Å². The Labute approximate surface area is 138 Å². The van der Waals surface area contributed by atoms with Gasteiger partial charge in [0.1, 0.15) is 11.5 Å². The minimum absolute atomic E-state index is 0.0359. The lowest BCUT2D eigenvalue weighted by atomic mass is 10.1. The number of carbonyl (C=O) groups excluding carboxylic acids is 1. The molecule has 0 unspecified atom stereocenters. The van der Waals surface area contributed by atoms with E-state index in [9.17, 15) is 4.79 Å². The van der Waals surface area contributed by atoms with Gasteiger partial charge in [-0.15, -0.1) is 0 Å². The molecule has 22 heavy (non-hydrogen) atoms. The maximum absolute atomic E-state index is 12.0. The van der Waals surface area contributed by atoms with Crippen LogP contribution in [0.2, 0.25) is 0 Å². The maximum Gasteiger partial charge on any atom is 0.262 e. The first kappa shape index (κ1) is 16.4. The van der Waals surface area contributed by atoms with E-state index in [1.807, 2.05) is 37.3 Å². The molecule has 2 aromatic carbocycles. The molecular weight excluding hydrogens is 346 g/mol. The second-order valence-electron chi connectivity index (χ2n) is 4.67. The van der Waals surface area contributed by atoms with E-state index in [1.165, 1.54) is 0 Å². The van der Waals surface area contributed by atoms with E-state index in [2.05, 4.69) is 21.2 Å². The Morgan fingerprint density at radius 3 is 2.77 bits per heavy atom. The van der Waals surface area contributed by atoms with E-state index in [0.29, 0.717) is 11.4 Å². The number of ether oxygens (including phenoxy) is 2. The topological polar surface area (TPSA) is 47.6 Å². The molecule has 0 bridgehead atoms. The Kier molecular flexibility index (Phi) is 5.83. The lowest BCUT2D eigenvalue weighted by molar-refractivity contribution is -0.118. The van der Waals surface area contributed by atoms with Gasteiger partial charge in [-0.25, -0.2) is 0 Å². The minimum Gasteiger partial charge on any atom is -0.497 e. The molecule has 0 aliphatic carbocycles. The molecule has 0 radical (unpaired) electrons. The molecule has 0 fully saturated rings. The molecule has 1 N–H and O–H groups in total.